The molecule has 0 fully saturated rings. The van der Waals surface area contributed by atoms with Crippen LogP contribution in [0.2, 0.25) is 0 Å². The van der Waals surface area contributed by atoms with Crippen molar-refractivity contribution in [3.8, 4) is 5.75 Å². The Morgan fingerprint density at radius 1 is 1.18 bits per heavy atom. The van der Waals surface area contributed by atoms with Gasteiger partial charge in [0.15, 0.2) is 0 Å². The van der Waals surface area contributed by atoms with Gasteiger partial charge in [-0.05, 0) is 18.2 Å². The fraction of sp³-hybridized carbons (Fsp3) is 0.235. The number of ether oxygens (including phenoxy) is 1. The third-order valence-electron chi connectivity index (χ3n) is 3.21. The van der Waals surface area contributed by atoms with Crippen molar-refractivity contribution >= 4 is 17.7 Å². The zero-order valence-corrected chi connectivity index (χ0v) is 13.4. The highest BCUT2D eigenvalue weighted by Crippen LogP contribution is 2.22. The number of thioether (sulfide) groups is 1. The van der Waals surface area contributed by atoms with Crippen LogP contribution in [0.3, 0.4) is 0 Å². The Morgan fingerprint density at radius 3 is 2.59 bits per heavy atom. The molecule has 0 radical (unpaired) electrons. The fourth-order valence-electron chi connectivity index (χ4n) is 1.99. The van der Waals surface area contributed by atoms with Gasteiger partial charge in [-0.15, -0.1) is 11.8 Å². The summed E-state index contributed by atoms with van der Waals surface area (Å²) in [5.41, 5.74) is 0.941. The number of hydrogen-bond acceptors (Lipinski definition) is 3. The molecule has 2 aromatic carbocycles. The average molecular weight is 319 g/mol. The first-order chi connectivity index (χ1) is 10.6. The molecule has 0 aliphatic carbocycles. The van der Waals surface area contributed by atoms with Gasteiger partial charge in [-0.3, -0.25) is 4.79 Å². The van der Waals surface area contributed by atoms with E-state index in [0.29, 0.717) is 11.4 Å². The topological polar surface area (TPSA) is 29.5 Å². The van der Waals surface area contributed by atoms with Crippen molar-refractivity contribution in [3.05, 3.63) is 59.9 Å². The van der Waals surface area contributed by atoms with Crippen LogP contribution in [0, 0.1) is 5.82 Å². The van der Waals surface area contributed by atoms with Crippen molar-refractivity contribution in [2.75, 3.05) is 19.9 Å². The maximum atomic E-state index is 13.5. The van der Waals surface area contributed by atoms with Gasteiger partial charge in [0.25, 0.3) is 0 Å². The highest BCUT2D eigenvalue weighted by atomic mass is 32.2. The summed E-state index contributed by atoms with van der Waals surface area (Å²) in [6.45, 7) is 0.459. The van der Waals surface area contributed by atoms with E-state index < -0.39 is 0 Å². The standard InChI is InChI=1S/C17H18FNO2S/c1-19(11-13-7-3-5-9-15(13)21-2)17(20)12-22-16-10-6-4-8-14(16)18/h3-10H,11-12H2,1-2H3. The molecule has 0 bridgehead atoms. The van der Waals surface area contributed by atoms with Crippen molar-refractivity contribution in [2.24, 2.45) is 0 Å². The molecule has 1 amide bonds. The van der Waals surface area contributed by atoms with Gasteiger partial charge in [0, 0.05) is 24.1 Å². The minimum Gasteiger partial charge on any atom is -0.496 e. The molecular formula is C17H18FNO2S. The summed E-state index contributed by atoms with van der Waals surface area (Å²) in [7, 11) is 3.34. The molecule has 2 aromatic rings. The monoisotopic (exact) mass is 319 g/mol. The summed E-state index contributed by atoms with van der Waals surface area (Å²) in [6, 6.07) is 14.0. The van der Waals surface area contributed by atoms with Crippen LogP contribution in [-0.4, -0.2) is 30.7 Å². The third kappa shape index (κ3) is 4.24. The van der Waals surface area contributed by atoms with E-state index >= 15 is 0 Å². The minimum absolute atomic E-state index is 0.0563. The lowest BCUT2D eigenvalue weighted by Crippen LogP contribution is -2.28. The molecule has 116 valence electrons. The van der Waals surface area contributed by atoms with E-state index in [1.165, 1.54) is 17.8 Å². The molecule has 22 heavy (non-hydrogen) atoms. The molecule has 5 heteroatoms. The van der Waals surface area contributed by atoms with Crippen LogP contribution in [0.25, 0.3) is 0 Å². The van der Waals surface area contributed by atoms with Gasteiger partial charge in [0.05, 0.1) is 12.9 Å². The Labute approximate surface area is 134 Å². The van der Waals surface area contributed by atoms with Gasteiger partial charge < -0.3 is 9.64 Å². The number of nitrogens with zero attached hydrogens (tertiary/aromatic N) is 1. The molecule has 0 saturated carbocycles. The Kier molecular flexibility index (Phi) is 5.83. The van der Waals surface area contributed by atoms with E-state index in [1.807, 2.05) is 24.3 Å². The zero-order valence-electron chi connectivity index (χ0n) is 12.6. The molecule has 0 atom stereocenters. The number of benzene rings is 2. The normalized spacial score (nSPS) is 10.3. The van der Waals surface area contributed by atoms with Crippen LogP contribution >= 0.6 is 11.8 Å². The second kappa shape index (κ2) is 7.84. The maximum Gasteiger partial charge on any atom is 0.232 e. The molecule has 3 nitrogen and oxygen atoms in total. The molecule has 0 aromatic heterocycles. The highest BCUT2D eigenvalue weighted by Gasteiger charge is 2.13. The highest BCUT2D eigenvalue weighted by molar-refractivity contribution is 8.00. The van der Waals surface area contributed by atoms with Crippen molar-refractivity contribution in [1.29, 1.82) is 0 Å². The van der Waals surface area contributed by atoms with E-state index in [-0.39, 0.29) is 17.5 Å². The first-order valence-corrected chi connectivity index (χ1v) is 7.83. The maximum absolute atomic E-state index is 13.5. The van der Waals surface area contributed by atoms with Crippen molar-refractivity contribution in [3.63, 3.8) is 0 Å². The number of methoxy groups -OCH3 is 1. The predicted octanol–water partition coefficient (Wildman–Crippen LogP) is 3.59. The van der Waals surface area contributed by atoms with Gasteiger partial charge in [-0.1, -0.05) is 30.3 Å². The molecule has 2 rings (SSSR count). The van der Waals surface area contributed by atoms with Crippen LogP contribution in [0.4, 0.5) is 4.39 Å². The second-order valence-corrected chi connectivity index (χ2v) is 5.80. The quantitative estimate of drug-likeness (QED) is 0.762. The molecule has 0 aliphatic heterocycles. The Hall–Kier alpha value is -2.01. The van der Waals surface area contributed by atoms with Gasteiger partial charge in [-0.25, -0.2) is 4.39 Å². The van der Waals surface area contributed by atoms with E-state index in [4.69, 9.17) is 4.74 Å². The van der Waals surface area contributed by atoms with Gasteiger partial charge in [0.2, 0.25) is 5.91 Å². The van der Waals surface area contributed by atoms with Crippen LogP contribution < -0.4 is 4.74 Å². The summed E-state index contributed by atoms with van der Waals surface area (Å²) in [5.74, 6) is 0.600. The van der Waals surface area contributed by atoms with Crippen molar-refractivity contribution in [1.82, 2.24) is 4.90 Å². The number of hydrogen-bond donors (Lipinski definition) is 0. The first-order valence-electron chi connectivity index (χ1n) is 6.85. The lowest BCUT2D eigenvalue weighted by molar-refractivity contribution is -0.127. The fourth-order valence-corrected chi connectivity index (χ4v) is 2.87. The summed E-state index contributed by atoms with van der Waals surface area (Å²) in [6.07, 6.45) is 0. The van der Waals surface area contributed by atoms with Crippen LogP contribution in [-0.2, 0) is 11.3 Å². The number of halogens is 1. The summed E-state index contributed by atoms with van der Waals surface area (Å²) < 4.78 is 18.8. The molecule has 0 aliphatic rings. The third-order valence-corrected chi connectivity index (χ3v) is 4.25. The van der Waals surface area contributed by atoms with Crippen LogP contribution in [0.15, 0.2) is 53.4 Å². The minimum atomic E-state index is -0.298. The summed E-state index contributed by atoms with van der Waals surface area (Å²) in [5, 5.41) is 0. The Bertz CT molecular complexity index is 648. The Balaban J connectivity index is 1.94. The number of amides is 1. The number of carbonyl (C=O) groups is 1. The molecule has 0 saturated heterocycles. The van der Waals surface area contributed by atoms with E-state index in [9.17, 15) is 9.18 Å². The van der Waals surface area contributed by atoms with E-state index in [1.54, 1.807) is 37.3 Å². The second-order valence-electron chi connectivity index (χ2n) is 4.78. The predicted molar refractivity (Wildman–Crippen MR) is 86.6 cm³/mol. The molecule has 0 N–H and O–H groups in total. The number of para-hydroxylation sites is 1. The smallest absolute Gasteiger partial charge is 0.232 e. The average Bonchev–Trinajstić information content (AvgIpc) is 2.54. The summed E-state index contributed by atoms with van der Waals surface area (Å²) >= 11 is 1.21. The van der Waals surface area contributed by atoms with E-state index in [2.05, 4.69) is 0 Å². The van der Waals surface area contributed by atoms with Crippen LogP contribution in [0.5, 0.6) is 5.75 Å². The molecule has 0 spiro atoms. The lowest BCUT2D eigenvalue weighted by Gasteiger charge is -2.18. The molecular weight excluding hydrogens is 301 g/mol. The summed E-state index contributed by atoms with van der Waals surface area (Å²) in [4.78, 5) is 14.3. The molecule has 0 unspecified atom stereocenters. The van der Waals surface area contributed by atoms with Crippen molar-refractivity contribution in [2.45, 2.75) is 11.4 Å². The number of carbonyl (C=O) groups excluding carboxylic acids is 1. The van der Waals surface area contributed by atoms with E-state index in [0.717, 1.165) is 11.3 Å². The first kappa shape index (κ1) is 16.4. The lowest BCUT2D eigenvalue weighted by atomic mass is 10.2. The number of rotatable bonds is 6. The SMILES string of the molecule is COc1ccccc1CN(C)C(=O)CSc1ccccc1F. The zero-order chi connectivity index (χ0) is 15.9. The Morgan fingerprint density at radius 2 is 1.86 bits per heavy atom. The largest absolute Gasteiger partial charge is 0.496 e. The van der Waals surface area contributed by atoms with Gasteiger partial charge in [-0.2, -0.15) is 0 Å². The van der Waals surface area contributed by atoms with Gasteiger partial charge >= 0.3 is 0 Å². The molecule has 0 heterocycles. The van der Waals surface area contributed by atoms with Gasteiger partial charge in [0.1, 0.15) is 11.6 Å². The van der Waals surface area contributed by atoms with Crippen LogP contribution in [0.1, 0.15) is 5.56 Å². The van der Waals surface area contributed by atoms with Crippen molar-refractivity contribution < 1.29 is 13.9 Å².